The van der Waals surface area contributed by atoms with Crippen LogP contribution in [0.25, 0.3) is 0 Å². The molecule has 1 atom stereocenters. The summed E-state index contributed by atoms with van der Waals surface area (Å²) in [6.45, 7) is 3.94. The number of aliphatic hydroxyl groups is 2. The molecule has 0 rings (SSSR count). The van der Waals surface area contributed by atoms with E-state index in [-0.39, 0.29) is 6.61 Å². The Hall–Kier alpha value is -0.160. The van der Waals surface area contributed by atoms with E-state index in [1.54, 1.807) is 6.92 Å². The van der Waals surface area contributed by atoms with Crippen LogP contribution < -0.4 is 0 Å². The number of hydrogen-bond donors (Lipinski definition) is 2. The van der Waals surface area contributed by atoms with Crippen molar-refractivity contribution in [3.05, 3.63) is 0 Å². The molecule has 0 bridgehead atoms. The maximum absolute atomic E-state index is 9.22. The molecule has 0 aliphatic carbocycles. The van der Waals surface area contributed by atoms with Gasteiger partial charge in [0, 0.05) is 20.1 Å². The molecule has 0 aromatic heterocycles. The molecule has 1 unspecified atom stereocenters. The van der Waals surface area contributed by atoms with Crippen LogP contribution in [0.1, 0.15) is 20.3 Å². The lowest BCUT2D eigenvalue weighted by atomic mass is 10.5. The third kappa shape index (κ3) is 6.25. The maximum atomic E-state index is 9.22. The third-order valence-electron chi connectivity index (χ3n) is 1.08. The largest absolute Gasteiger partial charge is 0.396 e. The average molecular weight is 164 g/mol. The van der Waals surface area contributed by atoms with E-state index in [4.69, 9.17) is 14.6 Å². The maximum Gasteiger partial charge on any atom is 0.277 e. The molecule has 11 heavy (non-hydrogen) atoms. The zero-order chi connectivity index (χ0) is 8.74. The van der Waals surface area contributed by atoms with Gasteiger partial charge in [0.1, 0.15) is 0 Å². The minimum absolute atomic E-state index is 0.0577. The lowest BCUT2D eigenvalue weighted by Gasteiger charge is -2.22. The number of aliphatic hydroxyl groups excluding tert-OH is 1. The van der Waals surface area contributed by atoms with Crippen LogP contribution in [0, 0.1) is 0 Å². The van der Waals surface area contributed by atoms with Crippen molar-refractivity contribution >= 4 is 0 Å². The number of ether oxygens (including phenoxy) is 2. The van der Waals surface area contributed by atoms with E-state index in [0.29, 0.717) is 19.6 Å². The van der Waals surface area contributed by atoms with Gasteiger partial charge in [-0.05, 0) is 13.3 Å². The standard InChI is InChI=1S/C7H16O4/c1-3-10-7(2,9)11-6-4-5-8/h8-9H,3-6H2,1-2H3. The molecule has 0 saturated heterocycles. The van der Waals surface area contributed by atoms with E-state index in [9.17, 15) is 5.11 Å². The lowest BCUT2D eigenvalue weighted by Crippen LogP contribution is -2.32. The molecule has 0 aliphatic heterocycles. The van der Waals surface area contributed by atoms with E-state index in [1.165, 1.54) is 6.92 Å². The zero-order valence-corrected chi connectivity index (χ0v) is 7.04. The lowest BCUT2D eigenvalue weighted by molar-refractivity contribution is -0.347. The van der Waals surface area contributed by atoms with Gasteiger partial charge in [-0.3, -0.25) is 0 Å². The highest BCUT2D eigenvalue weighted by atomic mass is 16.8. The predicted octanol–water partition coefficient (Wildman–Crippen LogP) is 0.0879. The molecule has 4 heteroatoms. The summed E-state index contributed by atoms with van der Waals surface area (Å²) in [6, 6.07) is 0. The Bertz CT molecular complexity index is 92.4. The van der Waals surface area contributed by atoms with Gasteiger partial charge in [-0.2, -0.15) is 0 Å². The van der Waals surface area contributed by atoms with Crippen LogP contribution in [0.3, 0.4) is 0 Å². The highest BCUT2D eigenvalue weighted by Gasteiger charge is 2.19. The van der Waals surface area contributed by atoms with Gasteiger partial charge in [0.25, 0.3) is 5.97 Å². The van der Waals surface area contributed by atoms with E-state index in [1.807, 2.05) is 0 Å². The van der Waals surface area contributed by atoms with Crippen LogP contribution in [0.2, 0.25) is 0 Å². The van der Waals surface area contributed by atoms with Gasteiger partial charge in [-0.1, -0.05) is 0 Å². The first-order valence-corrected chi connectivity index (χ1v) is 3.73. The van der Waals surface area contributed by atoms with E-state index in [2.05, 4.69) is 0 Å². The smallest absolute Gasteiger partial charge is 0.277 e. The molecule has 4 nitrogen and oxygen atoms in total. The molecular weight excluding hydrogens is 148 g/mol. The molecule has 2 N–H and O–H groups in total. The van der Waals surface area contributed by atoms with Crippen molar-refractivity contribution in [3.63, 3.8) is 0 Å². The molecule has 0 radical (unpaired) electrons. The molecule has 0 aromatic rings. The molecule has 68 valence electrons. The normalized spacial score (nSPS) is 16.4. The molecule has 0 aliphatic rings. The van der Waals surface area contributed by atoms with E-state index >= 15 is 0 Å². The van der Waals surface area contributed by atoms with Crippen LogP contribution >= 0.6 is 0 Å². The molecule has 0 spiro atoms. The van der Waals surface area contributed by atoms with Crippen LogP contribution in [0.4, 0.5) is 0 Å². The third-order valence-corrected chi connectivity index (χ3v) is 1.08. The van der Waals surface area contributed by atoms with E-state index in [0.717, 1.165) is 0 Å². The first-order chi connectivity index (χ1) is 5.12. The SMILES string of the molecule is CCOC(C)(O)OCCCO. The Morgan fingerprint density at radius 3 is 2.45 bits per heavy atom. The predicted molar refractivity (Wildman–Crippen MR) is 39.9 cm³/mol. The van der Waals surface area contributed by atoms with E-state index < -0.39 is 5.97 Å². The zero-order valence-electron chi connectivity index (χ0n) is 7.04. The van der Waals surface area contributed by atoms with Crippen molar-refractivity contribution in [1.29, 1.82) is 0 Å². The average Bonchev–Trinajstić information content (AvgIpc) is 1.87. The number of hydrogen-bond acceptors (Lipinski definition) is 4. The summed E-state index contributed by atoms with van der Waals surface area (Å²) >= 11 is 0. The molecule has 0 saturated carbocycles. The van der Waals surface area contributed by atoms with Crippen LogP contribution in [-0.2, 0) is 9.47 Å². The second-order valence-electron chi connectivity index (χ2n) is 2.26. The summed E-state index contributed by atoms with van der Waals surface area (Å²) in [4.78, 5) is 0. The topological polar surface area (TPSA) is 58.9 Å². The van der Waals surface area contributed by atoms with Crippen molar-refractivity contribution in [3.8, 4) is 0 Å². The van der Waals surface area contributed by atoms with Gasteiger partial charge in [0.05, 0.1) is 6.61 Å². The second kappa shape index (κ2) is 5.49. The minimum atomic E-state index is -1.51. The van der Waals surface area contributed by atoms with Crippen LogP contribution in [0.15, 0.2) is 0 Å². The summed E-state index contributed by atoms with van der Waals surface area (Å²) in [5, 5.41) is 17.6. The molecule has 0 fully saturated rings. The van der Waals surface area contributed by atoms with Gasteiger partial charge >= 0.3 is 0 Å². The highest BCUT2D eigenvalue weighted by molar-refractivity contribution is 4.42. The fraction of sp³-hybridized carbons (Fsp3) is 1.00. The summed E-state index contributed by atoms with van der Waals surface area (Å²) < 4.78 is 9.71. The summed E-state index contributed by atoms with van der Waals surface area (Å²) in [6.07, 6.45) is 0.503. The Kier molecular flexibility index (Phi) is 5.41. The van der Waals surface area contributed by atoms with Gasteiger partial charge in [0.15, 0.2) is 0 Å². The fourth-order valence-corrected chi connectivity index (χ4v) is 0.636. The highest BCUT2D eigenvalue weighted by Crippen LogP contribution is 2.07. The van der Waals surface area contributed by atoms with Gasteiger partial charge in [0.2, 0.25) is 0 Å². The Balaban J connectivity index is 3.38. The molecule has 0 aromatic carbocycles. The van der Waals surface area contributed by atoms with Gasteiger partial charge in [-0.25, -0.2) is 0 Å². The van der Waals surface area contributed by atoms with Crippen molar-refractivity contribution < 1.29 is 19.7 Å². The van der Waals surface area contributed by atoms with Crippen LogP contribution in [0.5, 0.6) is 0 Å². The van der Waals surface area contributed by atoms with Crippen molar-refractivity contribution in [1.82, 2.24) is 0 Å². The fourth-order valence-electron chi connectivity index (χ4n) is 0.636. The molecule has 0 heterocycles. The van der Waals surface area contributed by atoms with Crippen molar-refractivity contribution in [2.45, 2.75) is 26.2 Å². The molecule has 0 amide bonds. The molecular formula is C7H16O4. The quantitative estimate of drug-likeness (QED) is 0.431. The summed E-state index contributed by atoms with van der Waals surface area (Å²) in [5.74, 6) is -1.51. The Morgan fingerprint density at radius 1 is 1.36 bits per heavy atom. The minimum Gasteiger partial charge on any atom is -0.396 e. The number of rotatable bonds is 6. The van der Waals surface area contributed by atoms with Crippen molar-refractivity contribution in [2.75, 3.05) is 19.8 Å². The second-order valence-corrected chi connectivity index (χ2v) is 2.26. The van der Waals surface area contributed by atoms with Crippen LogP contribution in [-0.4, -0.2) is 36.0 Å². The summed E-state index contributed by atoms with van der Waals surface area (Å²) in [7, 11) is 0. The Morgan fingerprint density at radius 2 is 2.00 bits per heavy atom. The Labute approximate surface area is 66.7 Å². The first-order valence-electron chi connectivity index (χ1n) is 3.73. The monoisotopic (exact) mass is 164 g/mol. The summed E-state index contributed by atoms with van der Waals surface area (Å²) in [5.41, 5.74) is 0. The van der Waals surface area contributed by atoms with Gasteiger partial charge in [-0.15, -0.1) is 0 Å². The van der Waals surface area contributed by atoms with Gasteiger partial charge < -0.3 is 19.7 Å². The first kappa shape index (κ1) is 10.8. The van der Waals surface area contributed by atoms with Crippen molar-refractivity contribution in [2.24, 2.45) is 0 Å².